The van der Waals surface area contributed by atoms with E-state index < -0.39 is 0 Å². The van der Waals surface area contributed by atoms with Crippen molar-refractivity contribution >= 4 is 21.6 Å². The zero-order valence-electron chi connectivity index (χ0n) is 5.56. The van der Waals surface area contributed by atoms with Gasteiger partial charge < -0.3 is 10.8 Å². The van der Waals surface area contributed by atoms with Crippen LogP contribution in [0.15, 0.2) is 16.6 Å². The Labute approximate surface area is 67.8 Å². The molecule has 54 valence electrons. The van der Waals surface area contributed by atoms with Crippen LogP contribution in [0.1, 0.15) is 5.56 Å². The molecule has 2 nitrogen and oxygen atoms in total. The Bertz CT molecular complexity index is 233. The molecule has 0 atom stereocenters. The maximum atomic E-state index is 9.07. The zero-order chi connectivity index (χ0) is 7.72. The predicted molar refractivity (Wildman–Crippen MR) is 45.0 cm³/mol. The van der Waals surface area contributed by atoms with Crippen molar-refractivity contribution in [2.45, 2.75) is 6.92 Å². The van der Waals surface area contributed by atoms with Gasteiger partial charge in [0.15, 0.2) is 0 Å². The van der Waals surface area contributed by atoms with E-state index in [1.54, 1.807) is 12.1 Å². The molecule has 0 fully saturated rings. The Morgan fingerprint density at radius 3 is 2.60 bits per heavy atom. The second-order valence-electron chi connectivity index (χ2n) is 2.13. The lowest BCUT2D eigenvalue weighted by atomic mass is 10.2. The fraction of sp³-hybridized carbons (Fsp3) is 0.143. The minimum Gasteiger partial charge on any atom is -0.506 e. The van der Waals surface area contributed by atoms with Gasteiger partial charge in [-0.25, -0.2) is 0 Å². The molecule has 0 unspecified atom stereocenters. The van der Waals surface area contributed by atoms with Gasteiger partial charge in [-0.15, -0.1) is 0 Å². The van der Waals surface area contributed by atoms with Gasteiger partial charge in [-0.3, -0.25) is 0 Å². The number of aryl methyl sites for hydroxylation is 1. The smallest absolute Gasteiger partial charge is 0.139 e. The largest absolute Gasteiger partial charge is 0.506 e. The second kappa shape index (κ2) is 2.50. The molecule has 0 heterocycles. The van der Waals surface area contributed by atoms with Gasteiger partial charge in [-0.1, -0.05) is 6.07 Å². The zero-order valence-corrected chi connectivity index (χ0v) is 7.14. The van der Waals surface area contributed by atoms with Crippen molar-refractivity contribution in [3.63, 3.8) is 0 Å². The van der Waals surface area contributed by atoms with E-state index in [1.807, 2.05) is 6.92 Å². The van der Waals surface area contributed by atoms with Crippen molar-refractivity contribution in [1.29, 1.82) is 0 Å². The summed E-state index contributed by atoms with van der Waals surface area (Å²) in [7, 11) is 0. The van der Waals surface area contributed by atoms with Crippen molar-refractivity contribution in [3.8, 4) is 5.75 Å². The van der Waals surface area contributed by atoms with Crippen LogP contribution < -0.4 is 5.73 Å². The normalized spacial score (nSPS) is 9.80. The first kappa shape index (κ1) is 7.41. The molecule has 1 aromatic carbocycles. The van der Waals surface area contributed by atoms with E-state index in [0.29, 0.717) is 5.69 Å². The standard InChI is InChI=1S/C7H8BrNO/c1-4-2-3-5(10)7(9)6(4)8/h2-3,10H,9H2,1H3. The van der Waals surface area contributed by atoms with E-state index >= 15 is 0 Å². The average molecular weight is 202 g/mol. The summed E-state index contributed by atoms with van der Waals surface area (Å²) in [6, 6.07) is 3.38. The Hall–Kier alpha value is -0.700. The number of benzene rings is 1. The number of nitrogen functional groups attached to an aromatic ring is 1. The van der Waals surface area contributed by atoms with Crippen LogP contribution in [-0.2, 0) is 0 Å². The SMILES string of the molecule is Cc1ccc(O)c(N)c1Br. The van der Waals surface area contributed by atoms with Gasteiger partial charge in [-0.05, 0) is 34.5 Å². The Morgan fingerprint density at radius 1 is 1.50 bits per heavy atom. The molecule has 3 N–H and O–H groups in total. The first-order valence-electron chi connectivity index (χ1n) is 2.86. The highest BCUT2D eigenvalue weighted by Gasteiger charge is 2.02. The summed E-state index contributed by atoms with van der Waals surface area (Å²) in [5.74, 6) is 0.123. The molecule has 1 rings (SSSR count). The summed E-state index contributed by atoms with van der Waals surface area (Å²) in [6.07, 6.45) is 0. The third-order valence-electron chi connectivity index (χ3n) is 1.35. The van der Waals surface area contributed by atoms with Crippen LogP contribution in [0, 0.1) is 6.92 Å². The molecular formula is C7H8BrNO. The molecule has 0 aliphatic rings. The Balaban J connectivity index is 3.34. The quantitative estimate of drug-likeness (QED) is 0.499. The van der Waals surface area contributed by atoms with Crippen molar-refractivity contribution in [2.75, 3.05) is 5.73 Å². The van der Waals surface area contributed by atoms with Crippen LogP contribution in [0.25, 0.3) is 0 Å². The van der Waals surface area contributed by atoms with E-state index in [2.05, 4.69) is 15.9 Å². The monoisotopic (exact) mass is 201 g/mol. The number of phenolic OH excluding ortho intramolecular Hbond substituents is 1. The molecule has 0 spiro atoms. The lowest BCUT2D eigenvalue weighted by molar-refractivity contribution is 0.477. The third kappa shape index (κ3) is 1.09. The second-order valence-corrected chi connectivity index (χ2v) is 2.92. The summed E-state index contributed by atoms with van der Waals surface area (Å²) >= 11 is 3.24. The van der Waals surface area contributed by atoms with E-state index in [-0.39, 0.29) is 5.75 Å². The maximum absolute atomic E-state index is 9.07. The number of phenols is 1. The lowest BCUT2D eigenvalue weighted by Crippen LogP contribution is -1.88. The van der Waals surface area contributed by atoms with Gasteiger partial charge >= 0.3 is 0 Å². The molecular weight excluding hydrogens is 194 g/mol. The lowest BCUT2D eigenvalue weighted by Gasteiger charge is -2.02. The van der Waals surface area contributed by atoms with Gasteiger partial charge in [0.1, 0.15) is 5.75 Å². The minimum atomic E-state index is 0.123. The molecule has 3 heteroatoms. The topological polar surface area (TPSA) is 46.2 Å². The van der Waals surface area contributed by atoms with Crippen molar-refractivity contribution in [2.24, 2.45) is 0 Å². The van der Waals surface area contributed by atoms with Gasteiger partial charge in [0.2, 0.25) is 0 Å². The number of hydrogen-bond acceptors (Lipinski definition) is 2. The van der Waals surface area contributed by atoms with Crippen LogP contribution in [0.2, 0.25) is 0 Å². The van der Waals surface area contributed by atoms with E-state index in [4.69, 9.17) is 10.8 Å². The molecule has 0 amide bonds. The Kier molecular flexibility index (Phi) is 1.85. The first-order valence-corrected chi connectivity index (χ1v) is 3.65. The molecule has 0 aliphatic carbocycles. The van der Waals surface area contributed by atoms with Gasteiger partial charge in [-0.2, -0.15) is 0 Å². The number of rotatable bonds is 0. The summed E-state index contributed by atoms with van der Waals surface area (Å²) < 4.78 is 0.771. The molecule has 0 aromatic heterocycles. The van der Waals surface area contributed by atoms with Gasteiger partial charge in [0, 0.05) is 4.47 Å². The van der Waals surface area contributed by atoms with Crippen molar-refractivity contribution in [1.82, 2.24) is 0 Å². The maximum Gasteiger partial charge on any atom is 0.139 e. The molecule has 10 heavy (non-hydrogen) atoms. The minimum absolute atomic E-state index is 0.123. The summed E-state index contributed by atoms with van der Waals surface area (Å²) in [5.41, 5.74) is 6.91. The fourth-order valence-electron chi connectivity index (χ4n) is 0.692. The van der Waals surface area contributed by atoms with E-state index in [0.717, 1.165) is 10.0 Å². The molecule has 0 bridgehead atoms. The number of aromatic hydroxyl groups is 1. The number of halogens is 1. The number of anilines is 1. The van der Waals surface area contributed by atoms with Crippen molar-refractivity contribution in [3.05, 3.63) is 22.2 Å². The summed E-state index contributed by atoms with van der Waals surface area (Å²) in [5, 5.41) is 9.07. The number of hydrogen-bond donors (Lipinski definition) is 2. The van der Waals surface area contributed by atoms with E-state index in [1.165, 1.54) is 0 Å². The average Bonchev–Trinajstić information content (AvgIpc) is 1.93. The fourth-order valence-corrected chi connectivity index (χ4v) is 1.03. The molecule has 0 radical (unpaired) electrons. The first-order chi connectivity index (χ1) is 4.63. The van der Waals surface area contributed by atoms with Crippen LogP contribution >= 0.6 is 15.9 Å². The van der Waals surface area contributed by atoms with Gasteiger partial charge in [0.25, 0.3) is 0 Å². The van der Waals surface area contributed by atoms with Gasteiger partial charge in [0.05, 0.1) is 5.69 Å². The molecule has 0 aliphatic heterocycles. The highest BCUT2D eigenvalue weighted by molar-refractivity contribution is 9.10. The Morgan fingerprint density at radius 2 is 2.10 bits per heavy atom. The van der Waals surface area contributed by atoms with Crippen LogP contribution in [0.4, 0.5) is 5.69 Å². The third-order valence-corrected chi connectivity index (χ3v) is 2.40. The van der Waals surface area contributed by atoms with Crippen molar-refractivity contribution < 1.29 is 5.11 Å². The molecule has 0 saturated carbocycles. The highest BCUT2D eigenvalue weighted by atomic mass is 79.9. The summed E-state index contributed by atoms with van der Waals surface area (Å²) in [6.45, 7) is 1.92. The van der Waals surface area contributed by atoms with Crippen LogP contribution in [0.3, 0.4) is 0 Å². The summed E-state index contributed by atoms with van der Waals surface area (Å²) in [4.78, 5) is 0. The highest BCUT2D eigenvalue weighted by Crippen LogP contribution is 2.30. The van der Waals surface area contributed by atoms with Crippen LogP contribution in [0.5, 0.6) is 5.75 Å². The predicted octanol–water partition coefficient (Wildman–Crippen LogP) is 2.05. The molecule has 1 aromatic rings. The number of nitrogens with two attached hydrogens (primary N) is 1. The van der Waals surface area contributed by atoms with Crippen LogP contribution in [-0.4, -0.2) is 5.11 Å². The molecule has 0 saturated heterocycles. The van der Waals surface area contributed by atoms with E-state index in [9.17, 15) is 0 Å².